The SMILES string of the molecule is CCOC(=O)c1cc2cc(-c3ccsc3Cl)ccc2[nH]1. The van der Waals surface area contributed by atoms with Crippen molar-refractivity contribution in [2.24, 2.45) is 0 Å². The number of H-pyrrole nitrogens is 1. The lowest BCUT2D eigenvalue weighted by Gasteiger charge is -1.99. The third-order valence-corrected chi connectivity index (χ3v) is 4.21. The monoisotopic (exact) mass is 305 g/mol. The van der Waals surface area contributed by atoms with Crippen LogP contribution in [0.5, 0.6) is 0 Å². The molecule has 0 atom stereocenters. The number of hydrogen-bond donors (Lipinski definition) is 1. The Bertz CT molecular complexity index is 775. The molecule has 0 aliphatic rings. The van der Waals surface area contributed by atoms with Crippen molar-refractivity contribution in [1.29, 1.82) is 0 Å². The van der Waals surface area contributed by atoms with E-state index in [0.29, 0.717) is 12.3 Å². The zero-order valence-corrected chi connectivity index (χ0v) is 12.3. The van der Waals surface area contributed by atoms with E-state index in [4.69, 9.17) is 16.3 Å². The van der Waals surface area contributed by atoms with E-state index in [0.717, 1.165) is 26.4 Å². The van der Waals surface area contributed by atoms with Crippen LogP contribution in [0, 0.1) is 0 Å². The molecule has 1 N–H and O–H groups in total. The number of nitrogens with one attached hydrogen (secondary N) is 1. The predicted octanol–water partition coefficient (Wildman–Crippen LogP) is 4.73. The Labute approximate surface area is 125 Å². The molecule has 3 nitrogen and oxygen atoms in total. The summed E-state index contributed by atoms with van der Waals surface area (Å²) in [5, 5.41) is 2.93. The largest absolute Gasteiger partial charge is 0.461 e. The van der Waals surface area contributed by atoms with Gasteiger partial charge in [-0.05, 0) is 42.1 Å². The van der Waals surface area contributed by atoms with Crippen molar-refractivity contribution in [3.05, 3.63) is 45.7 Å². The molecule has 1 aromatic carbocycles. The number of ether oxygens (including phenoxy) is 1. The van der Waals surface area contributed by atoms with Crippen LogP contribution in [0.1, 0.15) is 17.4 Å². The van der Waals surface area contributed by atoms with E-state index in [1.807, 2.05) is 29.6 Å². The number of carbonyl (C=O) groups is 1. The average molecular weight is 306 g/mol. The summed E-state index contributed by atoms with van der Waals surface area (Å²) in [5.74, 6) is -0.334. The lowest BCUT2D eigenvalue weighted by atomic mass is 10.1. The van der Waals surface area contributed by atoms with Crippen molar-refractivity contribution in [2.75, 3.05) is 6.61 Å². The van der Waals surface area contributed by atoms with E-state index in [1.165, 1.54) is 11.3 Å². The van der Waals surface area contributed by atoms with Crippen LogP contribution in [-0.2, 0) is 4.74 Å². The van der Waals surface area contributed by atoms with Gasteiger partial charge in [-0.1, -0.05) is 17.7 Å². The fraction of sp³-hybridized carbons (Fsp3) is 0.133. The van der Waals surface area contributed by atoms with E-state index >= 15 is 0 Å². The highest BCUT2D eigenvalue weighted by atomic mass is 35.5. The van der Waals surface area contributed by atoms with Gasteiger partial charge in [0.2, 0.25) is 0 Å². The van der Waals surface area contributed by atoms with Crippen molar-refractivity contribution in [3.63, 3.8) is 0 Å². The molecule has 0 saturated heterocycles. The van der Waals surface area contributed by atoms with E-state index < -0.39 is 0 Å². The highest BCUT2D eigenvalue weighted by molar-refractivity contribution is 7.15. The fourth-order valence-corrected chi connectivity index (χ4v) is 3.08. The summed E-state index contributed by atoms with van der Waals surface area (Å²) in [6.45, 7) is 2.15. The predicted molar refractivity (Wildman–Crippen MR) is 82.6 cm³/mol. The number of hydrogen-bond acceptors (Lipinski definition) is 3. The summed E-state index contributed by atoms with van der Waals surface area (Å²) in [5.41, 5.74) is 3.43. The molecule has 0 unspecified atom stereocenters. The molecule has 0 saturated carbocycles. The molecule has 102 valence electrons. The first-order valence-corrected chi connectivity index (χ1v) is 7.48. The van der Waals surface area contributed by atoms with Gasteiger partial charge in [0, 0.05) is 16.5 Å². The Morgan fingerprint density at radius 3 is 2.90 bits per heavy atom. The minimum absolute atomic E-state index is 0.334. The minimum Gasteiger partial charge on any atom is -0.461 e. The lowest BCUT2D eigenvalue weighted by Crippen LogP contribution is -2.04. The van der Waals surface area contributed by atoms with Gasteiger partial charge in [-0.25, -0.2) is 4.79 Å². The second kappa shape index (κ2) is 5.31. The van der Waals surface area contributed by atoms with Crippen LogP contribution in [0.4, 0.5) is 0 Å². The maximum absolute atomic E-state index is 11.7. The van der Waals surface area contributed by atoms with Gasteiger partial charge in [-0.3, -0.25) is 0 Å². The first kappa shape index (κ1) is 13.2. The van der Waals surface area contributed by atoms with Gasteiger partial charge in [-0.2, -0.15) is 0 Å². The summed E-state index contributed by atoms with van der Waals surface area (Å²) in [4.78, 5) is 14.8. The highest BCUT2D eigenvalue weighted by Gasteiger charge is 2.11. The second-order valence-corrected chi connectivity index (χ2v) is 5.83. The molecule has 2 heterocycles. The van der Waals surface area contributed by atoms with Crippen LogP contribution in [-0.4, -0.2) is 17.6 Å². The average Bonchev–Trinajstić information content (AvgIpc) is 3.03. The maximum Gasteiger partial charge on any atom is 0.354 e. The summed E-state index contributed by atoms with van der Waals surface area (Å²) < 4.78 is 5.76. The first-order chi connectivity index (χ1) is 9.69. The molecule has 2 aromatic heterocycles. The van der Waals surface area contributed by atoms with Gasteiger partial charge >= 0.3 is 5.97 Å². The molecule has 20 heavy (non-hydrogen) atoms. The van der Waals surface area contributed by atoms with Crippen LogP contribution in [0.15, 0.2) is 35.7 Å². The Morgan fingerprint density at radius 2 is 2.20 bits per heavy atom. The Hall–Kier alpha value is -1.78. The zero-order valence-electron chi connectivity index (χ0n) is 10.8. The number of halogens is 1. The fourth-order valence-electron chi connectivity index (χ4n) is 2.12. The van der Waals surface area contributed by atoms with Crippen molar-refractivity contribution < 1.29 is 9.53 Å². The van der Waals surface area contributed by atoms with E-state index in [2.05, 4.69) is 4.98 Å². The van der Waals surface area contributed by atoms with Crippen LogP contribution >= 0.6 is 22.9 Å². The van der Waals surface area contributed by atoms with Gasteiger partial charge in [0.05, 0.1) is 6.61 Å². The molecule has 0 aliphatic carbocycles. The molecule has 0 radical (unpaired) electrons. The third kappa shape index (κ3) is 2.32. The summed E-state index contributed by atoms with van der Waals surface area (Å²) >= 11 is 7.66. The van der Waals surface area contributed by atoms with Crippen molar-refractivity contribution >= 4 is 39.8 Å². The molecular weight excluding hydrogens is 294 g/mol. The number of benzene rings is 1. The number of carbonyl (C=O) groups excluding carboxylic acids is 1. The number of esters is 1. The zero-order chi connectivity index (χ0) is 14.1. The third-order valence-electron chi connectivity index (χ3n) is 3.05. The van der Waals surface area contributed by atoms with Gasteiger partial charge in [-0.15, -0.1) is 11.3 Å². The normalized spacial score (nSPS) is 10.9. The Morgan fingerprint density at radius 1 is 1.35 bits per heavy atom. The smallest absolute Gasteiger partial charge is 0.354 e. The quantitative estimate of drug-likeness (QED) is 0.711. The number of aromatic nitrogens is 1. The molecular formula is C15H12ClNO2S. The lowest BCUT2D eigenvalue weighted by molar-refractivity contribution is 0.0520. The van der Waals surface area contributed by atoms with Gasteiger partial charge in [0.1, 0.15) is 10.0 Å². The van der Waals surface area contributed by atoms with Crippen molar-refractivity contribution in [2.45, 2.75) is 6.92 Å². The molecule has 3 rings (SSSR count). The Balaban J connectivity index is 2.04. The van der Waals surface area contributed by atoms with E-state index in [9.17, 15) is 4.79 Å². The molecule has 5 heteroatoms. The topological polar surface area (TPSA) is 42.1 Å². The molecule has 0 fully saturated rings. The highest BCUT2D eigenvalue weighted by Crippen LogP contribution is 2.34. The maximum atomic E-state index is 11.7. The molecule has 0 spiro atoms. The van der Waals surface area contributed by atoms with E-state index in [1.54, 1.807) is 13.0 Å². The van der Waals surface area contributed by atoms with Gasteiger partial charge < -0.3 is 9.72 Å². The van der Waals surface area contributed by atoms with Crippen LogP contribution in [0.2, 0.25) is 4.34 Å². The van der Waals surface area contributed by atoms with Crippen LogP contribution in [0.3, 0.4) is 0 Å². The Kier molecular flexibility index (Phi) is 3.51. The summed E-state index contributed by atoms with van der Waals surface area (Å²) in [6, 6.07) is 9.75. The van der Waals surface area contributed by atoms with Gasteiger partial charge in [0.15, 0.2) is 0 Å². The number of rotatable bonds is 3. The van der Waals surface area contributed by atoms with Crippen LogP contribution < -0.4 is 0 Å². The van der Waals surface area contributed by atoms with Crippen LogP contribution in [0.25, 0.3) is 22.0 Å². The molecule has 0 bridgehead atoms. The van der Waals surface area contributed by atoms with Crippen molar-refractivity contribution in [3.8, 4) is 11.1 Å². The number of fused-ring (bicyclic) bond motifs is 1. The van der Waals surface area contributed by atoms with Crippen molar-refractivity contribution in [1.82, 2.24) is 4.98 Å². The molecule has 3 aromatic rings. The molecule has 0 aliphatic heterocycles. The molecule has 0 amide bonds. The standard InChI is InChI=1S/C15H12ClNO2S/c1-2-19-15(18)13-8-10-7-9(3-4-12(10)17-13)11-5-6-20-14(11)16/h3-8,17H,2H2,1H3. The minimum atomic E-state index is -0.334. The van der Waals surface area contributed by atoms with Gasteiger partial charge in [0.25, 0.3) is 0 Å². The second-order valence-electron chi connectivity index (χ2n) is 4.31. The number of aromatic amines is 1. The number of thiophene rings is 1. The first-order valence-electron chi connectivity index (χ1n) is 6.22. The summed E-state index contributed by atoms with van der Waals surface area (Å²) in [7, 11) is 0. The summed E-state index contributed by atoms with van der Waals surface area (Å²) in [6.07, 6.45) is 0. The van der Waals surface area contributed by atoms with E-state index in [-0.39, 0.29) is 5.97 Å².